The minimum Gasteiger partial charge on any atom is -0.361 e. The summed E-state index contributed by atoms with van der Waals surface area (Å²) in [4.78, 5) is 26.5. The number of hydrogen-bond donors (Lipinski definition) is 1. The van der Waals surface area contributed by atoms with Crippen LogP contribution >= 0.6 is 0 Å². The molecule has 0 bridgehead atoms. The molecule has 0 spiro atoms. The fraction of sp³-hybridized carbons (Fsp3) is 0.190. The Labute approximate surface area is 156 Å². The van der Waals surface area contributed by atoms with E-state index in [0.29, 0.717) is 30.8 Å². The van der Waals surface area contributed by atoms with Crippen molar-refractivity contribution in [2.24, 2.45) is 0 Å². The zero-order chi connectivity index (χ0) is 18.8. The van der Waals surface area contributed by atoms with E-state index in [0.717, 1.165) is 16.8 Å². The maximum absolute atomic E-state index is 12.4. The van der Waals surface area contributed by atoms with Crippen LogP contribution in [0.2, 0.25) is 0 Å². The van der Waals surface area contributed by atoms with Gasteiger partial charge in [-0.1, -0.05) is 35.5 Å². The van der Waals surface area contributed by atoms with Crippen LogP contribution in [0.15, 0.2) is 59.1 Å². The molecule has 0 aliphatic carbocycles. The first-order valence-corrected chi connectivity index (χ1v) is 8.82. The van der Waals surface area contributed by atoms with Crippen LogP contribution in [-0.4, -0.2) is 17.0 Å². The van der Waals surface area contributed by atoms with Gasteiger partial charge in [-0.2, -0.15) is 0 Å². The highest BCUT2D eigenvalue weighted by Crippen LogP contribution is 2.31. The maximum atomic E-state index is 12.4. The number of nitrogens with one attached hydrogen (secondary N) is 1. The van der Waals surface area contributed by atoms with E-state index in [1.165, 1.54) is 0 Å². The van der Waals surface area contributed by atoms with Gasteiger partial charge in [0.15, 0.2) is 5.69 Å². The summed E-state index contributed by atoms with van der Waals surface area (Å²) in [6, 6.07) is 17.1. The third-order valence-electron chi connectivity index (χ3n) is 4.58. The molecule has 1 N–H and O–H groups in total. The van der Waals surface area contributed by atoms with Gasteiger partial charge in [-0.05, 0) is 42.7 Å². The summed E-state index contributed by atoms with van der Waals surface area (Å²) in [5.41, 5.74) is 3.93. The molecule has 1 aliphatic heterocycles. The highest BCUT2D eigenvalue weighted by atomic mass is 16.5. The van der Waals surface area contributed by atoms with E-state index >= 15 is 0 Å². The van der Waals surface area contributed by atoms with E-state index < -0.39 is 0 Å². The Morgan fingerprint density at radius 2 is 1.96 bits per heavy atom. The first kappa shape index (κ1) is 17.0. The molecule has 0 fully saturated rings. The van der Waals surface area contributed by atoms with Gasteiger partial charge >= 0.3 is 0 Å². The number of benzene rings is 2. The molecule has 0 saturated carbocycles. The third kappa shape index (κ3) is 3.60. The van der Waals surface area contributed by atoms with Crippen LogP contribution in [0.4, 0.5) is 11.4 Å². The zero-order valence-corrected chi connectivity index (χ0v) is 14.9. The van der Waals surface area contributed by atoms with Gasteiger partial charge in [0, 0.05) is 23.9 Å². The normalized spacial score (nSPS) is 13.4. The summed E-state index contributed by atoms with van der Waals surface area (Å²) in [5, 5.41) is 6.56. The van der Waals surface area contributed by atoms with Gasteiger partial charge in [-0.3, -0.25) is 9.59 Å². The molecule has 1 aliphatic rings. The molecule has 2 aromatic carbocycles. The Morgan fingerprint density at radius 3 is 2.70 bits per heavy atom. The van der Waals surface area contributed by atoms with Gasteiger partial charge in [0.25, 0.3) is 5.91 Å². The van der Waals surface area contributed by atoms with E-state index in [1.807, 2.05) is 42.5 Å². The molecule has 2 heterocycles. The topological polar surface area (TPSA) is 75.4 Å². The summed E-state index contributed by atoms with van der Waals surface area (Å²) in [7, 11) is 0. The van der Waals surface area contributed by atoms with Crippen molar-refractivity contribution in [3.05, 3.63) is 77.2 Å². The van der Waals surface area contributed by atoms with E-state index in [-0.39, 0.29) is 17.5 Å². The van der Waals surface area contributed by atoms with Crippen molar-refractivity contribution in [1.29, 1.82) is 0 Å². The van der Waals surface area contributed by atoms with Gasteiger partial charge in [-0.25, -0.2) is 0 Å². The highest BCUT2D eigenvalue weighted by molar-refractivity contribution is 6.03. The second-order valence-corrected chi connectivity index (χ2v) is 6.59. The van der Waals surface area contributed by atoms with Crippen molar-refractivity contribution in [1.82, 2.24) is 5.16 Å². The number of hydrogen-bond acceptors (Lipinski definition) is 4. The monoisotopic (exact) mass is 361 g/mol. The predicted octanol–water partition coefficient (Wildman–Crippen LogP) is 3.71. The quantitative estimate of drug-likeness (QED) is 0.768. The van der Waals surface area contributed by atoms with Crippen LogP contribution in [-0.2, 0) is 17.8 Å². The number of rotatable bonds is 4. The number of aromatic nitrogens is 1. The molecule has 6 heteroatoms. The van der Waals surface area contributed by atoms with E-state index in [9.17, 15) is 9.59 Å². The number of carbonyl (C=O) groups excluding carboxylic acids is 2. The predicted molar refractivity (Wildman–Crippen MR) is 102 cm³/mol. The van der Waals surface area contributed by atoms with Gasteiger partial charge in [0.1, 0.15) is 5.76 Å². The summed E-state index contributed by atoms with van der Waals surface area (Å²) in [5.74, 6) is 0.377. The van der Waals surface area contributed by atoms with E-state index in [4.69, 9.17) is 4.52 Å². The van der Waals surface area contributed by atoms with Crippen molar-refractivity contribution in [2.75, 3.05) is 10.2 Å². The molecule has 2 amide bonds. The molecule has 1 aromatic heterocycles. The summed E-state index contributed by atoms with van der Waals surface area (Å²) >= 11 is 0. The lowest BCUT2D eigenvalue weighted by atomic mass is 9.99. The average molecular weight is 361 g/mol. The molecule has 6 nitrogen and oxygen atoms in total. The Hall–Kier alpha value is -3.41. The van der Waals surface area contributed by atoms with Gasteiger partial charge in [-0.15, -0.1) is 0 Å². The van der Waals surface area contributed by atoms with Crippen molar-refractivity contribution in [2.45, 2.75) is 26.3 Å². The Morgan fingerprint density at radius 1 is 1.15 bits per heavy atom. The number of fused-ring (bicyclic) bond motifs is 1. The molecule has 3 aromatic rings. The number of amides is 2. The fourth-order valence-corrected chi connectivity index (χ4v) is 3.25. The zero-order valence-electron chi connectivity index (χ0n) is 14.9. The van der Waals surface area contributed by atoms with Crippen LogP contribution in [0.1, 0.15) is 33.8 Å². The second kappa shape index (κ2) is 7.07. The molecule has 0 saturated heterocycles. The SMILES string of the molecule is Cc1cc(C(=O)Nc2ccc3c(c2)CCC(=O)N3Cc2ccccc2)no1. The van der Waals surface area contributed by atoms with Gasteiger partial charge in [0.05, 0.1) is 6.54 Å². The van der Waals surface area contributed by atoms with Crippen LogP contribution in [0.5, 0.6) is 0 Å². The van der Waals surface area contributed by atoms with Crippen LogP contribution in [0.3, 0.4) is 0 Å². The lowest BCUT2D eigenvalue weighted by Crippen LogP contribution is -2.34. The largest absolute Gasteiger partial charge is 0.361 e. The van der Waals surface area contributed by atoms with Crippen molar-refractivity contribution in [3.8, 4) is 0 Å². The number of carbonyl (C=O) groups is 2. The molecule has 0 radical (unpaired) electrons. The highest BCUT2D eigenvalue weighted by Gasteiger charge is 2.24. The standard InChI is InChI=1S/C21H19N3O3/c1-14-11-18(23-27-14)21(26)22-17-8-9-19-16(12-17)7-10-20(25)24(19)13-15-5-3-2-4-6-15/h2-6,8-9,11-12H,7,10,13H2,1H3,(H,22,26). The fourth-order valence-electron chi connectivity index (χ4n) is 3.25. The lowest BCUT2D eigenvalue weighted by molar-refractivity contribution is -0.119. The minimum atomic E-state index is -0.320. The molecule has 0 unspecified atom stereocenters. The van der Waals surface area contributed by atoms with Gasteiger partial charge < -0.3 is 14.7 Å². The number of anilines is 2. The summed E-state index contributed by atoms with van der Waals surface area (Å²) in [6.07, 6.45) is 1.12. The molecule has 4 rings (SSSR count). The maximum Gasteiger partial charge on any atom is 0.277 e. The number of aryl methyl sites for hydroxylation is 2. The minimum absolute atomic E-state index is 0.112. The molecular weight excluding hydrogens is 342 g/mol. The van der Waals surface area contributed by atoms with E-state index in [2.05, 4.69) is 10.5 Å². The molecule has 0 atom stereocenters. The van der Waals surface area contributed by atoms with Crippen LogP contribution in [0, 0.1) is 6.92 Å². The Balaban J connectivity index is 1.56. The second-order valence-electron chi connectivity index (χ2n) is 6.59. The smallest absolute Gasteiger partial charge is 0.277 e. The molecule has 27 heavy (non-hydrogen) atoms. The van der Waals surface area contributed by atoms with Crippen molar-refractivity contribution >= 4 is 23.2 Å². The first-order chi connectivity index (χ1) is 13.1. The molecular formula is C21H19N3O3. The summed E-state index contributed by atoms with van der Waals surface area (Å²) in [6.45, 7) is 2.28. The summed E-state index contributed by atoms with van der Waals surface area (Å²) < 4.78 is 4.94. The average Bonchev–Trinajstić information content (AvgIpc) is 3.11. The third-order valence-corrected chi connectivity index (χ3v) is 4.58. The van der Waals surface area contributed by atoms with Crippen molar-refractivity contribution in [3.63, 3.8) is 0 Å². The number of nitrogens with zero attached hydrogens (tertiary/aromatic N) is 2. The Bertz CT molecular complexity index is 995. The lowest BCUT2D eigenvalue weighted by Gasteiger charge is -2.30. The molecule has 136 valence electrons. The van der Waals surface area contributed by atoms with Crippen molar-refractivity contribution < 1.29 is 14.1 Å². The van der Waals surface area contributed by atoms with Gasteiger partial charge in [0.2, 0.25) is 5.91 Å². The van der Waals surface area contributed by atoms with E-state index in [1.54, 1.807) is 24.0 Å². The van der Waals surface area contributed by atoms with Crippen LogP contribution in [0.25, 0.3) is 0 Å². The van der Waals surface area contributed by atoms with Crippen LogP contribution < -0.4 is 10.2 Å². The Kier molecular flexibility index (Phi) is 4.46. The first-order valence-electron chi connectivity index (χ1n) is 8.82.